The summed E-state index contributed by atoms with van der Waals surface area (Å²) in [4.78, 5) is 4.34. The summed E-state index contributed by atoms with van der Waals surface area (Å²) in [6.07, 6.45) is 4.25. The molecule has 1 fully saturated rings. The fourth-order valence-electron chi connectivity index (χ4n) is 2.96. The van der Waals surface area contributed by atoms with Crippen LogP contribution in [0.3, 0.4) is 0 Å². The van der Waals surface area contributed by atoms with Crippen molar-refractivity contribution in [2.24, 2.45) is 0 Å². The van der Waals surface area contributed by atoms with Crippen molar-refractivity contribution in [3.05, 3.63) is 29.8 Å². The molecule has 0 unspecified atom stereocenters. The molecule has 0 aliphatic heterocycles. The first-order valence-corrected chi connectivity index (χ1v) is 7.16. The van der Waals surface area contributed by atoms with Gasteiger partial charge in [-0.2, -0.15) is 0 Å². The number of hydrogen-bond acceptors (Lipinski definition) is 3. The Hall–Kier alpha value is -1.06. The summed E-state index contributed by atoms with van der Waals surface area (Å²) in [5.74, 6) is 0. The van der Waals surface area contributed by atoms with Gasteiger partial charge in [-0.3, -0.25) is 4.90 Å². The first kappa shape index (κ1) is 14.4. The summed E-state index contributed by atoms with van der Waals surface area (Å²) in [5.41, 5.74) is 2.08. The van der Waals surface area contributed by atoms with Gasteiger partial charge in [0, 0.05) is 32.9 Å². The average Bonchev–Trinajstić information content (AvgIpc) is 2.76. The molecule has 1 aromatic carbocycles. The molecule has 0 aromatic heterocycles. The van der Waals surface area contributed by atoms with E-state index < -0.39 is 5.60 Å². The maximum atomic E-state index is 10.4. The van der Waals surface area contributed by atoms with Crippen molar-refractivity contribution in [3.8, 4) is 0 Å². The predicted octanol–water partition coefficient (Wildman–Crippen LogP) is 2.49. The first-order valence-electron chi connectivity index (χ1n) is 7.16. The lowest BCUT2D eigenvalue weighted by Crippen LogP contribution is -2.38. The van der Waals surface area contributed by atoms with Crippen LogP contribution in [0.15, 0.2) is 24.3 Å². The molecule has 0 bridgehead atoms. The van der Waals surface area contributed by atoms with Crippen molar-refractivity contribution in [2.75, 3.05) is 32.6 Å². The minimum Gasteiger partial charge on any atom is -0.389 e. The second-order valence-electron chi connectivity index (χ2n) is 6.16. The van der Waals surface area contributed by atoms with Crippen molar-refractivity contribution in [2.45, 2.75) is 37.8 Å². The van der Waals surface area contributed by atoms with Gasteiger partial charge in [0.05, 0.1) is 5.60 Å². The van der Waals surface area contributed by atoms with Crippen LogP contribution < -0.4 is 4.90 Å². The fraction of sp³-hybridized carbons (Fsp3) is 0.625. The second-order valence-corrected chi connectivity index (χ2v) is 6.16. The average molecular weight is 262 g/mol. The van der Waals surface area contributed by atoms with Crippen LogP contribution >= 0.6 is 0 Å². The third-order valence-electron chi connectivity index (χ3n) is 4.00. The maximum Gasteiger partial charge on any atom is 0.0774 e. The Morgan fingerprint density at radius 1 is 1.05 bits per heavy atom. The smallest absolute Gasteiger partial charge is 0.0774 e. The normalized spacial score (nSPS) is 17.9. The molecule has 0 radical (unpaired) electrons. The van der Waals surface area contributed by atoms with Gasteiger partial charge >= 0.3 is 0 Å². The molecule has 3 nitrogen and oxygen atoms in total. The van der Waals surface area contributed by atoms with Gasteiger partial charge in [-0.1, -0.05) is 25.0 Å². The third kappa shape index (κ3) is 3.95. The predicted molar refractivity (Wildman–Crippen MR) is 80.5 cm³/mol. The van der Waals surface area contributed by atoms with Crippen molar-refractivity contribution >= 4 is 5.69 Å². The van der Waals surface area contributed by atoms with E-state index in [1.807, 2.05) is 0 Å². The summed E-state index contributed by atoms with van der Waals surface area (Å²) in [5, 5.41) is 10.4. The number of nitrogens with zero attached hydrogens (tertiary/aromatic N) is 2. The lowest BCUT2D eigenvalue weighted by molar-refractivity contribution is 0.0145. The van der Waals surface area contributed by atoms with Crippen LogP contribution in [0.1, 0.15) is 31.2 Å². The van der Waals surface area contributed by atoms with Crippen LogP contribution in [0.5, 0.6) is 0 Å². The molecule has 1 N–H and O–H groups in total. The fourth-order valence-corrected chi connectivity index (χ4v) is 2.96. The van der Waals surface area contributed by atoms with Crippen LogP contribution in [-0.4, -0.2) is 43.3 Å². The highest BCUT2D eigenvalue weighted by atomic mass is 16.3. The van der Waals surface area contributed by atoms with Gasteiger partial charge in [0.25, 0.3) is 0 Å². The molecule has 0 atom stereocenters. The molecule has 106 valence electrons. The Bertz CT molecular complexity index is 394. The van der Waals surface area contributed by atoms with Crippen LogP contribution in [0.4, 0.5) is 5.69 Å². The quantitative estimate of drug-likeness (QED) is 0.883. The summed E-state index contributed by atoms with van der Waals surface area (Å²) in [6, 6.07) is 8.63. The van der Waals surface area contributed by atoms with E-state index in [4.69, 9.17) is 0 Å². The van der Waals surface area contributed by atoms with E-state index in [9.17, 15) is 5.11 Å². The monoisotopic (exact) mass is 262 g/mol. The zero-order valence-electron chi connectivity index (χ0n) is 12.4. The van der Waals surface area contributed by atoms with Gasteiger partial charge in [-0.15, -0.1) is 0 Å². The van der Waals surface area contributed by atoms with Crippen LogP contribution in [0, 0.1) is 0 Å². The van der Waals surface area contributed by atoms with E-state index in [-0.39, 0.29) is 0 Å². The minimum absolute atomic E-state index is 0.446. The number of benzene rings is 1. The number of rotatable bonds is 5. The van der Waals surface area contributed by atoms with E-state index >= 15 is 0 Å². The minimum atomic E-state index is -0.446. The molecule has 1 aliphatic rings. The molecule has 0 heterocycles. The van der Waals surface area contributed by atoms with Crippen molar-refractivity contribution < 1.29 is 5.11 Å². The number of likely N-dealkylation sites (N-methyl/N-ethyl adjacent to an activating group) is 1. The largest absolute Gasteiger partial charge is 0.389 e. The summed E-state index contributed by atoms with van der Waals surface area (Å²) < 4.78 is 0. The lowest BCUT2D eigenvalue weighted by atomic mass is 10.0. The van der Waals surface area contributed by atoms with E-state index in [0.29, 0.717) is 0 Å². The topological polar surface area (TPSA) is 26.7 Å². The van der Waals surface area contributed by atoms with Crippen LogP contribution in [0.2, 0.25) is 0 Å². The summed E-state index contributed by atoms with van der Waals surface area (Å²) in [6.45, 7) is 1.68. The Kier molecular flexibility index (Phi) is 4.48. The standard InChI is InChI=1S/C16H26N2O/c1-17(2)15-8-6-14(7-9-15)12-18(3)13-16(19)10-4-5-11-16/h6-9,19H,4-5,10-13H2,1-3H3. The molecule has 0 spiro atoms. The Morgan fingerprint density at radius 2 is 1.63 bits per heavy atom. The highest BCUT2D eigenvalue weighted by Crippen LogP contribution is 2.30. The van der Waals surface area contributed by atoms with Crippen molar-refractivity contribution in [3.63, 3.8) is 0 Å². The molecule has 19 heavy (non-hydrogen) atoms. The number of anilines is 1. The second kappa shape index (κ2) is 5.93. The Morgan fingerprint density at radius 3 is 2.16 bits per heavy atom. The molecule has 1 saturated carbocycles. The number of hydrogen-bond donors (Lipinski definition) is 1. The van der Waals surface area contributed by atoms with Crippen LogP contribution in [0.25, 0.3) is 0 Å². The van der Waals surface area contributed by atoms with Gasteiger partial charge in [0.15, 0.2) is 0 Å². The SMILES string of the molecule is CN(Cc1ccc(N(C)C)cc1)CC1(O)CCCC1. The van der Waals surface area contributed by atoms with Gasteiger partial charge in [0.1, 0.15) is 0 Å². The van der Waals surface area contributed by atoms with Gasteiger partial charge < -0.3 is 10.0 Å². The molecule has 0 saturated heterocycles. The molecule has 1 aromatic rings. The summed E-state index contributed by atoms with van der Waals surface area (Å²) >= 11 is 0. The molecular weight excluding hydrogens is 236 g/mol. The zero-order valence-corrected chi connectivity index (χ0v) is 12.4. The Balaban J connectivity index is 1.89. The lowest BCUT2D eigenvalue weighted by Gasteiger charge is -2.28. The first-order chi connectivity index (χ1) is 8.98. The van der Waals surface area contributed by atoms with Gasteiger partial charge in [-0.05, 0) is 37.6 Å². The third-order valence-corrected chi connectivity index (χ3v) is 4.00. The maximum absolute atomic E-state index is 10.4. The van der Waals surface area contributed by atoms with Gasteiger partial charge in [0.2, 0.25) is 0 Å². The molecule has 1 aliphatic carbocycles. The highest BCUT2D eigenvalue weighted by molar-refractivity contribution is 5.45. The van der Waals surface area contributed by atoms with E-state index in [0.717, 1.165) is 25.9 Å². The van der Waals surface area contributed by atoms with Crippen molar-refractivity contribution in [1.82, 2.24) is 4.90 Å². The molecule has 0 amide bonds. The molecule has 3 heteroatoms. The highest BCUT2D eigenvalue weighted by Gasteiger charge is 2.31. The van der Waals surface area contributed by atoms with E-state index in [1.54, 1.807) is 0 Å². The van der Waals surface area contributed by atoms with Gasteiger partial charge in [-0.25, -0.2) is 0 Å². The molecular formula is C16H26N2O. The van der Waals surface area contributed by atoms with E-state index in [1.165, 1.54) is 24.1 Å². The number of aliphatic hydroxyl groups is 1. The summed E-state index contributed by atoms with van der Waals surface area (Å²) in [7, 11) is 6.20. The molecule has 2 rings (SSSR count). The van der Waals surface area contributed by atoms with Crippen LogP contribution in [-0.2, 0) is 6.54 Å². The zero-order chi connectivity index (χ0) is 13.9. The van der Waals surface area contributed by atoms with E-state index in [2.05, 4.69) is 55.2 Å². The van der Waals surface area contributed by atoms with Crippen molar-refractivity contribution in [1.29, 1.82) is 0 Å². The Labute approximate surface area is 116 Å².